The third kappa shape index (κ3) is 49.9. The van der Waals surface area contributed by atoms with Crippen molar-refractivity contribution in [3.8, 4) is 0 Å². The van der Waals surface area contributed by atoms with Gasteiger partial charge in [0.2, 0.25) is 0 Å². The molecule has 0 bridgehead atoms. The molecule has 1 unspecified atom stereocenters. The second-order valence-electron chi connectivity index (χ2n) is 17.8. The molecule has 0 heterocycles. The summed E-state index contributed by atoms with van der Waals surface area (Å²) in [6, 6.07) is 0. The maximum absolute atomic E-state index is 12.8. The van der Waals surface area contributed by atoms with Crippen molar-refractivity contribution < 1.29 is 28.6 Å². The summed E-state index contributed by atoms with van der Waals surface area (Å²) in [5.41, 5.74) is 0. The zero-order valence-corrected chi connectivity index (χ0v) is 42.0. The van der Waals surface area contributed by atoms with E-state index in [-0.39, 0.29) is 31.1 Å². The largest absolute Gasteiger partial charge is 0.462 e. The molecule has 0 aromatic carbocycles. The molecular weight excluding hydrogens is 793 g/mol. The Morgan fingerprint density at radius 1 is 0.328 bits per heavy atom. The van der Waals surface area contributed by atoms with E-state index in [1.165, 1.54) is 116 Å². The predicted molar refractivity (Wildman–Crippen MR) is 274 cm³/mol. The molecule has 0 rings (SSSR count). The van der Waals surface area contributed by atoms with Crippen molar-refractivity contribution in [3.63, 3.8) is 0 Å². The number of esters is 3. The van der Waals surface area contributed by atoms with E-state index in [1.54, 1.807) is 0 Å². The minimum absolute atomic E-state index is 0.0902. The molecular formula is C58H100O6. The fourth-order valence-corrected chi connectivity index (χ4v) is 7.40. The van der Waals surface area contributed by atoms with Gasteiger partial charge in [0.1, 0.15) is 13.2 Å². The molecule has 0 radical (unpaired) electrons. The smallest absolute Gasteiger partial charge is 0.306 e. The van der Waals surface area contributed by atoms with E-state index in [9.17, 15) is 14.4 Å². The minimum atomic E-state index is -0.794. The summed E-state index contributed by atoms with van der Waals surface area (Å²) in [6.45, 7) is 6.48. The van der Waals surface area contributed by atoms with Crippen LogP contribution in [-0.2, 0) is 28.6 Å². The Morgan fingerprint density at radius 3 is 0.969 bits per heavy atom. The quantitative estimate of drug-likeness (QED) is 0.0262. The molecule has 0 aromatic rings. The fourth-order valence-electron chi connectivity index (χ4n) is 7.40. The summed E-state index contributed by atoms with van der Waals surface area (Å²) in [5.74, 6) is -0.930. The highest BCUT2D eigenvalue weighted by molar-refractivity contribution is 5.71. The van der Waals surface area contributed by atoms with Crippen LogP contribution in [0.4, 0.5) is 0 Å². The first-order valence-corrected chi connectivity index (χ1v) is 26.9. The average molecular weight is 893 g/mol. The number of unbranched alkanes of at least 4 members (excludes halogenated alkanes) is 25. The SMILES string of the molecule is CC/C=C\C/C=C\C/C=C\CCCCCC(=O)OC(COC(=O)CCCCCCCC/C=C\C/C=C\C/C=C\CCCCCCC)COC(=O)CCCCCCCCCCCCCC. The predicted octanol–water partition coefficient (Wildman–Crippen LogP) is 17.8. The standard InChI is InChI=1S/C58H100O6/c1-4-7-10-13-16-19-22-25-26-27-28-29-30-31-32-34-36-39-42-45-48-51-57(60)63-54-55(53-62-56(59)50-47-44-41-38-35-24-21-18-15-12-9-6-3)64-58(61)52-49-46-43-40-37-33-23-20-17-14-11-8-5-2/h8,11,17,20,22,25,27-28,30-31,33,37,55H,4-7,9-10,12-16,18-19,21,23-24,26,29,32,34-36,38-54H2,1-3H3/b11-8-,20-17-,25-22-,28-27-,31-30-,37-33-. The van der Waals surface area contributed by atoms with Crippen LogP contribution in [0.5, 0.6) is 0 Å². The van der Waals surface area contributed by atoms with Gasteiger partial charge in [-0.05, 0) is 89.9 Å². The van der Waals surface area contributed by atoms with E-state index in [0.29, 0.717) is 19.3 Å². The lowest BCUT2D eigenvalue weighted by atomic mass is 10.0. The van der Waals surface area contributed by atoms with Crippen LogP contribution in [0.25, 0.3) is 0 Å². The molecule has 1 atom stereocenters. The van der Waals surface area contributed by atoms with Gasteiger partial charge in [-0.3, -0.25) is 14.4 Å². The molecule has 6 heteroatoms. The molecule has 0 saturated heterocycles. The van der Waals surface area contributed by atoms with Crippen LogP contribution >= 0.6 is 0 Å². The van der Waals surface area contributed by atoms with Crippen molar-refractivity contribution in [3.05, 3.63) is 72.9 Å². The van der Waals surface area contributed by atoms with Crippen molar-refractivity contribution in [2.45, 2.75) is 264 Å². The van der Waals surface area contributed by atoms with Crippen LogP contribution < -0.4 is 0 Å². The van der Waals surface area contributed by atoms with Gasteiger partial charge in [-0.1, -0.05) is 222 Å². The summed E-state index contributed by atoms with van der Waals surface area (Å²) in [4.78, 5) is 38.0. The van der Waals surface area contributed by atoms with Crippen LogP contribution in [-0.4, -0.2) is 37.2 Å². The topological polar surface area (TPSA) is 78.9 Å². The lowest BCUT2D eigenvalue weighted by Gasteiger charge is -2.18. The third-order valence-electron chi connectivity index (χ3n) is 11.4. The molecule has 368 valence electrons. The van der Waals surface area contributed by atoms with Crippen LogP contribution in [0.3, 0.4) is 0 Å². The highest BCUT2D eigenvalue weighted by Gasteiger charge is 2.19. The number of carbonyl (C=O) groups excluding carboxylic acids is 3. The highest BCUT2D eigenvalue weighted by atomic mass is 16.6. The zero-order chi connectivity index (χ0) is 46.5. The molecule has 0 aliphatic rings. The average Bonchev–Trinajstić information content (AvgIpc) is 3.29. The van der Waals surface area contributed by atoms with Gasteiger partial charge < -0.3 is 14.2 Å². The first-order valence-electron chi connectivity index (χ1n) is 26.9. The van der Waals surface area contributed by atoms with E-state index >= 15 is 0 Å². The van der Waals surface area contributed by atoms with Gasteiger partial charge in [0.25, 0.3) is 0 Å². The molecule has 0 aromatic heterocycles. The van der Waals surface area contributed by atoms with E-state index in [4.69, 9.17) is 14.2 Å². The summed E-state index contributed by atoms with van der Waals surface area (Å²) in [7, 11) is 0. The molecule has 0 fully saturated rings. The van der Waals surface area contributed by atoms with E-state index in [1.807, 2.05) is 0 Å². The lowest BCUT2D eigenvalue weighted by molar-refractivity contribution is -0.167. The van der Waals surface area contributed by atoms with Gasteiger partial charge >= 0.3 is 17.9 Å². The van der Waals surface area contributed by atoms with Crippen molar-refractivity contribution in [1.29, 1.82) is 0 Å². The monoisotopic (exact) mass is 893 g/mol. The number of hydrogen-bond acceptors (Lipinski definition) is 6. The van der Waals surface area contributed by atoms with Gasteiger partial charge in [0, 0.05) is 19.3 Å². The third-order valence-corrected chi connectivity index (χ3v) is 11.4. The maximum Gasteiger partial charge on any atom is 0.306 e. The molecule has 0 spiro atoms. The first kappa shape index (κ1) is 60.9. The van der Waals surface area contributed by atoms with Gasteiger partial charge in [0.15, 0.2) is 6.10 Å². The van der Waals surface area contributed by atoms with E-state index < -0.39 is 6.10 Å². The van der Waals surface area contributed by atoms with Gasteiger partial charge in [0.05, 0.1) is 0 Å². The Hall–Kier alpha value is -3.15. The molecule has 0 aliphatic carbocycles. The van der Waals surface area contributed by atoms with E-state index in [0.717, 1.165) is 103 Å². The van der Waals surface area contributed by atoms with Crippen molar-refractivity contribution in [1.82, 2.24) is 0 Å². The molecule has 0 N–H and O–H groups in total. The number of allylic oxidation sites excluding steroid dienone is 12. The van der Waals surface area contributed by atoms with Crippen molar-refractivity contribution in [2.75, 3.05) is 13.2 Å². The van der Waals surface area contributed by atoms with Crippen LogP contribution in [0, 0.1) is 0 Å². The first-order chi connectivity index (χ1) is 31.5. The molecule has 0 amide bonds. The number of ether oxygens (including phenoxy) is 3. The Labute approximate surface area is 395 Å². The summed E-state index contributed by atoms with van der Waals surface area (Å²) in [6.07, 6.45) is 66.0. The number of rotatable bonds is 48. The highest BCUT2D eigenvalue weighted by Crippen LogP contribution is 2.15. The Kier molecular flexibility index (Phi) is 49.9. The Morgan fingerprint density at radius 2 is 0.609 bits per heavy atom. The second kappa shape index (κ2) is 52.5. The summed E-state index contributed by atoms with van der Waals surface area (Å²) < 4.78 is 16.8. The second-order valence-corrected chi connectivity index (χ2v) is 17.8. The summed E-state index contributed by atoms with van der Waals surface area (Å²) >= 11 is 0. The molecule has 0 aliphatic heterocycles. The number of carbonyl (C=O) groups is 3. The van der Waals surface area contributed by atoms with E-state index in [2.05, 4.69) is 93.7 Å². The van der Waals surface area contributed by atoms with Crippen molar-refractivity contribution in [2.24, 2.45) is 0 Å². The zero-order valence-electron chi connectivity index (χ0n) is 42.0. The Balaban J connectivity index is 4.38. The molecule has 64 heavy (non-hydrogen) atoms. The van der Waals surface area contributed by atoms with Crippen LogP contribution in [0.1, 0.15) is 258 Å². The minimum Gasteiger partial charge on any atom is -0.462 e. The molecule has 6 nitrogen and oxygen atoms in total. The lowest BCUT2D eigenvalue weighted by Crippen LogP contribution is -2.30. The van der Waals surface area contributed by atoms with Crippen molar-refractivity contribution >= 4 is 17.9 Å². The van der Waals surface area contributed by atoms with Crippen LogP contribution in [0.15, 0.2) is 72.9 Å². The number of hydrogen-bond donors (Lipinski definition) is 0. The Bertz CT molecular complexity index is 1210. The fraction of sp³-hybridized carbons (Fsp3) is 0.741. The van der Waals surface area contributed by atoms with Gasteiger partial charge in [-0.2, -0.15) is 0 Å². The normalized spacial score (nSPS) is 12.6. The van der Waals surface area contributed by atoms with Gasteiger partial charge in [-0.15, -0.1) is 0 Å². The maximum atomic E-state index is 12.8. The summed E-state index contributed by atoms with van der Waals surface area (Å²) in [5, 5.41) is 0. The van der Waals surface area contributed by atoms with Gasteiger partial charge in [-0.25, -0.2) is 0 Å². The molecule has 0 saturated carbocycles. The van der Waals surface area contributed by atoms with Crippen LogP contribution in [0.2, 0.25) is 0 Å².